The molecule has 2 heterocycles. The van der Waals surface area contributed by atoms with Gasteiger partial charge in [0.25, 0.3) is 0 Å². The Bertz CT molecular complexity index is 1080. The molecule has 0 fully saturated rings. The number of fused-ring (bicyclic) bond motifs is 1. The van der Waals surface area contributed by atoms with Crippen molar-refractivity contribution in [1.82, 2.24) is 14.3 Å². The zero-order valence-electron chi connectivity index (χ0n) is 17.9. The highest BCUT2D eigenvalue weighted by molar-refractivity contribution is 7.90. The third-order valence-electron chi connectivity index (χ3n) is 4.97. The van der Waals surface area contributed by atoms with Gasteiger partial charge in [-0.05, 0) is 66.6 Å². The molecule has 5 nitrogen and oxygen atoms in total. The molecule has 29 heavy (non-hydrogen) atoms. The second-order valence-corrected chi connectivity index (χ2v) is 11.4. The first kappa shape index (κ1) is 21.5. The molecule has 0 bridgehead atoms. The zero-order chi connectivity index (χ0) is 21.2. The lowest BCUT2D eigenvalue weighted by Gasteiger charge is -2.17. The van der Waals surface area contributed by atoms with Gasteiger partial charge in [0.1, 0.15) is 0 Å². The Morgan fingerprint density at radius 2 is 1.76 bits per heavy atom. The van der Waals surface area contributed by atoms with Crippen LogP contribution in [0.2, 0.25) is 0 Å². The van der Waals surface area contributed by atoms with Crippen LogP contribution in [-0.4, -0.2) is 29.8 Å². The molecule has 0 amide bonds. The Kier molecular flexibility index (Phi) is 6.15. The maximum Gasteiger partial charge on any atom is 0.213 e. The summed E-state index contributed by atoms with van der Waals surface area (Å²) in [4.78, 5) is 4.11. The molecule has 0 aliphatic heterocycles. The summed E-state index contributed by atoms with van der Waals surface area (Å²) in [6.45, 7) is 11.1. The van der Waals surface area contributed by atoms with Crippen molar-refractivity contribution in [2.45, 2.75) is 52.8 Å². The van der Waals surface area contributed by atoms with Crippen molar-refractivity contribution in [3.05, 3.63) is 54.5 Å². The molecule has 3 aromatic rings. The number of hydrogen-bond donors (Lipinski definition) is 1. The van der Waals surface area contributed by atoms with Gasteiger partial charge in [-0.15, -0.1) is 0 Å². The van der Waals surface area contributed by atoms with Crippen molar-refractivity contribution in [2.75, 3.05) is 6.54 Å². The SMILES string of the molecule is CC(C)S(=O)(=O)NCCn1cc(CC(C)(C)C)c2cc(-c3ccncc3)ccc21. The summed E-state index contributed by atoms with van der Waals surface area (Å²) < 4.78 is 29.0. The van der Waals surface area contributed by atoms with E-state index < -0.39 is 15.3 Å². The number of hydrogen-bond acceptors (Lipinski definition) is 3. The molecule has 3 rings (SSSR count). The molecule has 0 unspecified atom stereocenters. The van der Waals surface area contributed by atoms with Gasteiger partial charge >= 0.3 is 0 Å². The minimum Gasteiger partial charge on any atom is -0.346 e. The van der Waals surface area contributed by atoms with Gasteiger partial charge < -0.3 is 4.57 Å². The highest BCUT2D eigenvalue weighted by Gasteiger charge is 2.18. The van der Waals surface area contributed by atoms with Crippen LogP contribution in [0.25, 0.3) is 22.0 Å². The van der Waals surface area contributed by atoms with Crippen LogP contribution >= 0.6 is 0 Å². The van der Waals surface area contributed by atoms with Crippen LogP contribution in [0.1, 0.15) is 40.2 Å². The van der Waals surface area contributed by atoms with Gasteiger partial charge in [-0.1, -0.05) is 26.8 Å². The summed E-state index contributed by atoms with van der Waals surface area (Å²) in [5.41, 5.74) is 4.88. The fourth-order valence-electron chi connectivity index (χ4n) is 3.47. The van der Waals surface area contributed by atoms with Crippen LogP contribution in [-0.2, 0) is 23.0 Å². The van der Waals surface area contributed by atoms with Gasteiger partial charge in [-0.25, -0.2) is 13.1 Å². The lowest BCUT2D eigenvalue weighted by atomic mass is 9.88. The molecule has 0 saturated heterocycles. The fourth-order valence-corrected chi connectivity index (χ4v) is 4.18. The third-order valence-corrected chi connectivity index (χ3v) is 6.82. The van der Waals surface area contributed by atoms with Crippen LogP contribution < -0.4 is 4.72 Å². The van der Waals surface area contributed by atoms with Crippen molar-refractivity contribution in [1.29, 1.82) is 0 Å². The first-order valence-corrected chi connectivity index (χ1v) is 11.6. The van der Waals surface area contributed by atoms with Crippen LogP contribution in [0.4, 0.5) is 0 Å². The van der Waals surface area contributed by atoms with Crippen molar-refractivity contribution in [3.63, 3.8) is 0 Å². The van der Waals surface area contributed by atoms with E-state index in [1.54, 1.807) is 13.8 Å². The molecule has 2 aromatic heterocycles. The zero-order valence-corrected chi connectivity index (χ0v) is 18.8. The molecular weight excluding hydrogens is 382 g/mol. The van der Waals surface area contributed by atoms with Gasteiger partial charge in [0, 0.05) is 42.6 Å². The number of nitrogens with one attached hydrogen (secondary N) is 1. The lowest BCUT2D eigenvalue weighted by Crippen LogP contribution is -2.33. The molecule has 0 aliphatic carbocycles. The van der Waals surface area contributed by atoms with E-state index in [0.29, 0.717) is 13.1 Å². The lowest BCUT2D eigenvalue weighted by molar-refractivity contribution is 0.412. The second-order valence-electron chi connectivity index (χ2n) is 9.04. The molecule has 156 valence electrons. The molecule has 0 atom stereocenters. The average molecular weight is 414 g/mol. The molecule has 0 saturated carbocycles. The third kappa shape index (κ3) is 5.25. The fraction of sp³-hybridized carbons (Fsp3) is 0.435. The molecular formula is C23H31N3O2S. The summed E-state index contributed by atoms with van der Waals surface area (Å²) in [5.74, 6) is 0. The molecule has 0 radical (unpaired) electrons. The van der Waals surface area contributed by atoms with E-state index >= 15 is 0 Å². The van der Waals surface area contributed by atoms with Crippen LogP contribution in [0.5, 0.6) is 0 Å². The molecule has 1 N–H and O–H groups in total. The minimum absolute atomic E-state index is 0.158. The highest BCUT2D eigenvalue weighted by atomic mass is 32.2. The van der Waals surface area contributed by atoms with Crippen LogP contribution in [0, 0.1) is 5.41 Å². The number of pyridine rings is 1. The number of benzene rings is 1. The first-order chi connectivity index (χ1) is 13.6. The predicted molar refractivity (Wildman–Crippen MR) is 120 cm³/mol. The molecule has 0 spiro atoms. The number of sulfonamides is 1. The van der Waals surface area contributed by atoms with Gasteiger partial charge in [0.15, 0.2) is 0 Å². The van der Waals surface area contributed by atoms with E-state index in [9.17, 15) is 8.42 Å². The van der Waals surface area contributed by atoms with Crippen LogP contribution in [0.3, 0.4) is 0 Å². The molecule has 1 aromatic carbocycles. The summed E-state index contributed by atoms with van der Waals surface area (Å²) in [7, 11) is -3.26. The van der Waals surface area contributed by atoms with Gasteiger partial charge in [0.2, 0.25) is 10.0 Å². The Morgan fingerprint density at radius 1 is 1.07 bits per heavy atom. The normalized spacial score (nSPS) is 12.8. The van der Waals surface area contributed by atoms with E-state index in [1.807, 2.05) is 24.5 Å². The Labute approximate surface area is 174 Å². The van der Waals surface area contributed by atoms with Crippen molar-refractivity contribution in [3.8, 4) is 11.1 Å². The summed E-state index contributed by atoms with van der Waals surface area (Å²) >= 11 is 0. The first-order valence-electron chi connectivity index (χ1n) is 10.1. The van der Waals surface area contributed by atoms with Crippen molar-refractivity contribution >= 4 is 20.9 Å². The highest BCUT2D eigenvalue weighted by Crippen LogP contribution is 2.31. The van der Waals surface area contributed by atoms with E-state index in [4.69, 9.17) is 0 Å². The quantitative estimate of drug-likeness (QED) is 0.615. The van der Waals surface area contributed by atoms with Crippen LogP contribution in [0.15, 0.2) is 48.9 Å². The van der Waals surface area contributed by atoms with Gasteiger partial charge in [-0.3, -0.25) is 4.98 Å². The molecule has 6 heteroatoms. The Balaban J connectivity index is 1.96. The van der Waals surface area contributed by atoms with E-state index in [0.717, 1.165) is 23.1 Å². The van der Waals surface area contributed by atoms with Gasteiger partial charge in [0.05, 0.1) is 5.25 Å². The molecule has 0 aliphatic rings. The predicted octanol–water partition coefficient (Wildman–Crippen LogP) is 4.62. The standard InChI is InChI=1S/C23H31N3O2S/c1-17(2)29(27,28)25-12-13-26-16-20(15-23(3,4)5)21-14-19(6-7-22(21)26)18-8-10-24-11-9-18/h6-11,14,16-17,25H,12-13,15H2,1-5H3. The van der Waals surface area contributed by atoms with E-state index in [1.165, 1.54) is 10.9 Å². The van der Waals surface area contributed by atoms with E-state index in [2.05, 4.69) is 59.4 Å². The maximum absolute atomic E-state index is 12.1. The summed E-state index contributed by atoms with van der Waals surface area (Å²) in [6.07, 6.45) is 6.74. The Hall–Kier alpha value is -2.18. The number of aromatic nitrogens is 2. The average Bonchev–Trinajstić information content (AvgIpc) is 2.97. The Morgan fingerprint density at radius 3 is 2.38 bits per heavy atom. The van der Waals surface area contributed by atoms with Crippen molar-refractivity contribution < 1.29 is 8.42 Å². The largest absolute Gasteiger partial charge is 0.346 e. The maximum atomic E-state index is 12.1. The number of nitrogens with zero attached hydrogens (tertiary/aromatic N) is 2. The topological polar surface area (TPSA) is 64.0 Å². The number of rotatable bonds is 7. The van der Waals surface area contributed by atoms with Crippen molar-refractivity contribution in [2.24, 2.45) is 5.41 Å². The smallest absolute Gasteiger partial charge is 0.213 e. The summed E-state index contributed by atoms with van der Waals surface area (Å²) in [5, 5.41) is 0.796. The minimum atomic E-state index is -3.26. The summed E-state index contributed by atoms with van der Waals surface area (Å²) in [6, 6.07) is 10.5. The second kappa shape index (κ2) is 8.28. The van der Waals surface area contributed by atoms with Gasteiger partial charge in [-0.2, -0.15) is 0 Å². The van der Waals surface area contributed by atoms with E-state index in [-0.39, 0.29) is 5.41 Å². The monoisotopic (exact) mass is 413 g/mol.